The van der Waals surface area contributed by atoms with Crippen molar-refractivity contribution in [2.24, 2.45) is 5.92 Å². The minimum atomic E-state index is -4.29. The van der Waals surface area contributed by atoms with Crippen LogP contribution in [-0.2, 0) is 6.18 Å². The summed E-state index contributed by atoms with van der Waals surface area (Å²) in [5.41, 5.74) is 2.28. The van der Waals surface area contributed by atoms with Crippen molar-refractivity contribution in [3.63, 3.8) is 0 Å². The molecule has 1 aromatic heterocycles. The van der Waals surface area contributed by atoms with E-state index in [9.17, 15) is 13.2 Å². The number of benzene rings is 1. The molecule has 124 valence electrons. The molecule has 3 atom stereocenters. The number of hydrogen-bond acceptors (Lipinski definition) is 2. The van der Waals surface area contributed by atoms with Crippen LogP contribution in [0.5, 0.6) is 0 Å². The first kappa shape index (κ1) is 16.4. The van der Waals surface area contributed by atoms with E-state index in [0.29, 0.717) is 5.92 Å². The molecule has 1 aromatic carbocycles. The highest BCUT2D eigenvalue weighted by atomic mass is 32.1. The SMILES string of the molecule is CCCC1C(C)c2cc(C(F)(F)F)ccc2NC1c1ccsc1. The summed E-state index contributed by atoms with van der Waals surface area (Å²) in [7, 11) is 0. The molecule has 23 heavy (non-hydrogen) atoms. The number of nitrogens with one attached hydrogen (secondary N) is 1. The number of halogens is 3. The third-order valence-corrected chi connectivity index (χ3v) is 5.48. The average molecular weight is 339 g/mol. The minimum absolute atomic E-state index is 0.0957. The standard InChI is InChI=1S/C18H20F3NS/c1-3-4-14-11(2)15-9-13(18(19,20)21)5-6-16(15)22-17(14)12-7-8-23-10-12/h5-11,14,17,22H,3-4H2,1-2H3. The number of anilines is 1. The highest BCUT2D eigenvalue weighted by Crippen LogP contribution is 2.47. The lowest BCUT2D eigenvalue weighted by atomic mass is 9.74. The van der Waals surface area contributed by atoms with Gasteiger partial charge in [0.05, 0.1) is 11.6 Å². The van der Waals surface area contributed by atoms with Gasteiger partial charge in [-0.2, -0.15) is 24.5 Å². The largest absolute Gasteiger partial charge is 0.416 e. The normalized spacial score (nSPS) is 24.1. The van der Waals surface area contributed by atoms with E-state index in [2.05, 4.69) is 30.6 Å². The van der Waals surface area contributed by atoms with Crippen LogP contribution >= 0.6 is 11.3 Å². The number of fused-ring (bicyclic) bond motifs is 1. The van der Waals surface area contributed by atoms with Gasteiger partial charge in [-0.05, 0) is 64.4 Å². The Hall–Kier alpha value is -1.49. The smallest absolute Gasteiger partial charge is 0.378 e. The van der Waals surface area contributed by atoms with Gasteiger partial charge in [-0.3, -0.25) is 0 Å². The van der Waals surface area contributed by atoms with Crippen LogP contribution in [0, 0.1) is 5.92 Å². The van der Waals surface area contributed by atoms with E-state index < -0.39 is 11.7 Å². The minimum Gasteiger partial charge on any atom is -0.378 e. The summed E-state index contributed by atoms with van der Waals surface area (Å²) in [5.74, 6) is 0.393. The molecule has 1 aliphatic heterocycles. The van der Waals surface area contributed by atoms with Crippen LogP contribution in [0.3, 0.4) is 0 Å². The van der Waals surface area contributed by atoms with E-state index in [1.807, 2.05) is 5.38 Å². The zero-order valence-corrected chi connectivity index (χ0v) is 14.0. The molecule has 0 saturated heterocycles. The van der Waals surface area contributed by atoms with E-state index in [0.717, 1.165) is 24.1 Å². The summed E-state index contributed by atoms with van der Waals surface area (Å²) in [4.78, 5) is 0. The quantitative estimate of drug-likeness (QED) is 0.677. The van der Waals surface area contributed by atoms with Gasteiger partial charge in [0, 0.05) is 5.69 Å². The average Bonchev–Trinajstić information content (AvgIpc) is 3.03. The molecule has 3 unspecified atom stereocenters. The van der Waals surface area contributed by atoms with Gasteiger partial charge in [0.25, 0.3) is 0 Å². The molecular formula is C18H20F3NS. The van der Waals surface area contributed by atoms with Crippen molar-refractivity contribution in [1.29, 1.82) is 0 Å². The first-order valence-electron chi connectivity index (χ1n) is 7.91. The molecule has 0 fully saturated rings. The Morgan fingerprint density at radius 1 is 1.22 bits per heavy atom. The molecule has 0 spiro atoms. The van der Waals surface area contributed by atoms with Gasteiger partial charge in [0.15, 0.2) is 0 Å². The van der Waals surface area contributed by atoms with Gasteiger partial charge in [0.1, 0.15) is 0 Å². The van der Waals surface area contributed by atoms with E-state index >= 15 is 0 Å². The Bertz CT molecular complexity index is 663. The second kappa shape index (κ2) is 6.19. The molecule has 1 aliphatic rings. The first-order valence-corrected chi connectivity index (χ1v) is 8.86. The number of hydrogen-bond donors (Lipinski definition) is 1. The van der Waals surface area contributed by atoms with Crippen LogP contribution in [0.4, 0.5) is 18.9 Å². The lowest BCUT2D eigenvalue weighted by Gasteiger charge is -2.39. The Morgan fingerprint density at radius 2 is 2.00 bits per heavy atom. The topological polar surface area (TPSA) is 12.0 Å². The molecule has 0 aliphatic carbocycles. The predicted molar refractivity (Wildman–Crippen MR) is 88.9 cm³/mol. The number of alkyl halides is 3. The highest BCUT2D eigenvalue weighted by Gasteiger charge is 2.37. The van der Waals surface area contributed by atoms with Crippen molar-refractivity contribution in [3.05, 3.63) is 51.7 Å². The van der Waals surface area contributed by atoms with Crippen LogP contribution in [0.15, 0.2) is 35.0 Å². The number of rotatable bonds is 3. The monoisotopic (exact) mass is 339 g/mol. The summed E-state index contributed by atoms with van der Waals surface area (Å²) in [6.07, 6.45) is -2.28. The zero-order chi connectivity index (χ0) is 16.6. The van der Waals surface area contributed by atoms with E-state index in [4.69, 9.17) is 0 Å². The van der Waals surface area contributed by atoms with E-state index in [1.54, 1.807) is 17.4 Å². The van der Waals surface area contributed by atoms with Gasteiger partial charge < -0.3 is 5.32 Å². The molecular weight excluding hydrogens is 319 g/mol. The van der Waals surface area contributed by atoms with Crippen molar-refractivity contribution in [2.45, 2.75) is 44.8 Å². The Labute approximate surface area is 138 Å². The molecule has 0 radical (unpaired) electrons. The van der Waals surface area contributed by atoms with E-state index in [1.165, 1.54) is 17.7 Å². The first-order chi connectivity index (χ1) is 10.9. The van der Waals surface area contributed by atoms with Gasteiger partial charge in [-0.15, -0.1) is 0 Å². The Balaban J connectivity index is 2.02. The summed E-state index contributed by atoms with van der Waals surface area (Å²) in [6, 6.07) is 6.34. The molecule has 2 heterocycles. The van der Waals surface area contributed by atoms with E-state index in [-0.39, 0.29) is 12.0 Å². The maximum atomic E-state index is 13.0. The second-order valence-corrected chi connectivity index (χ2v) is 7.00. The maximum Gasteiger partial charge on any atom is 0.416 e. The fourth-order valence-electron chi connectivity index (χ4n) is 3.57. The van der Waals surface area contributed by atoms with Crippen LogP contribution in [0.2, 0.25) is 0 Å². The fourth-order valence-corrected chi connectivity index (χ4v) is 4.27. The van der Waals surface area contributed by atoms with Gasteiger partial charge in [-0.25, -0.2) is 0 Å². The van der Waals surface area contributed by atoms with Crippen LogP contribution in [0.1, 0.15) is 55.3 Å². The summed E-state index contributed by atoms with van der Waals surface area (Å²) in [5, 5.41) is 7.66. The third-order valence-electron chi connectivity index (χ3n) is 4.78. The van der Waals surface area contributed by atoms with Crippen LogP contribution < -0.4 is 5.32 Å². The summed E-state index contributed by atoms with van der Waals surface area (Å²) < 4.78 is 39.0. The van der Waals surface area contributed by atoms with Gasteiger partial charge >= 0.3 is 6.18 Å². The lowest BCUT2D eigenvalue weighted by Crippen LogP contribution is -2.30. The van der Waals surface area contributed by atoms with Crippen molar-refractivity contribution >= 4 is 17.0 Å². The van der Waals surface area contributed by atoms with Crippen molar-refractivity contribution in [2.75, 3.05) is 5.32 Å². The van der Waals surface area contributed by atoms with Crippen LogP contribution in [-0.4, -0.2) is 0 Å². The Morgan fingerprint density at radius 3 is 2.61 bits per heavy atom. The zero-order valence-electron chi connectivity index (χ0n) is 13.2. The molecule has 2 aromatic rings. The van der Waals surface area contributed by atoms with Gasteiger partial charge in [-0.1, -0.05) is 20.3 Å². The molecule has 0 saturated carbocycles. The lowest BCUT2D eigenvalue weighted by molar-refractivity contribution is -0.137. The molecule has 3 rings (SSSR count). The predicted octanol–water partition coefficient (Wildman–Crippen LogP) is 6.45. The van der Waals surface area contributed by atoms with Crippen molar-refractivity contribution in [1.82, 2.24) is 0 Å². The third kappa shape index (κ3) is 3.11. The second-order valence-electron chi connectivity index (χ2n) is 6.22. The molecule has 1 N–H and O–H groups in total. The van der Waals surface area contributed by atoms with Crippen molar-refractivity contribution < 1.29 is 13.2 Å². The summed E-state index contributed by atoms with van der Waals surface area (Å²) in [6.45, 7) is 4.18. The summed E-state index contributed by atoms with van der Waals surface area (Å²) >= 11 is 1.65. The van der Waals surface area contributed by atoms with Gasteiger partial charge in [0.2, 0.25) is 0 Å². The molecule has 0 amide bonds. The molecule has 1 nitrogen and oxygen atoms in total. The van der Waals surface area contributed by atoms with Crippen molar-refractivity contribution in [3.8, 4) is 0 Å². The number of thiophene rings is 1. The maximum absolute atomic E-state index is 13.0. The van der Waals surface area contributed by atoms with Crippen LogP contribution in [0.25, 0.3) is 0 Å². The molecule has 5 heteroatoms. The highest BCUT2D eigenvalue weighted by molar-refractivity contribution is 7.08. The Kier molecular flexibility index (Phi) is 4.41. The molecule has 0 bridgehead atoms. The fraction of sp³-hybridized carbons (Fsp3) is 0.444.